The normalized spacial score (nSPS) is 13.2. The lowest BCUT2D eigenvalue weighted by molar-refractivity contribution is 0.207. The Kier molecular flexibility index (Phi) is 8.18. The van der Waals surface area contributed by atoms with Gasteiger partial charge in [0.15, 0.2) is 0 Å². The monoisotopic (exact) mass is 367 g/mol. The van der Waals surface area contributed by atoms with Crippen molar-refractivity contribution in [1.82, 2.24) is 0 Å². The minimum atomic E-state index is -4.27. The minimum Gasteiger partial charge on any atom is -0.496 e. The molecule has 0 spiro atoms. The number of methoxy groups -OCH3 is 1. The summed E-state index contributed by atoms with van der Waals surface area (Å²) in [5.41, 5.74) is 1.91. The van der Waals surface area contributed by atoms with E-state index in [0.717, 1.165) is 16.9 Å². The van der Waals surface area contributed by atoms with Gasteiger partial charge in [-0.1, -0.05) is 39.8 Å². The lowest BCUT2D eigenvalue weighted by Crippen LogP contribution is -2.07. The summed E-state index contributed by atoms with van der Waals surface area (Å²) in [7, 11) is -2.67. The number of hydrogen-bond acceptors (Lipinski definition) is 5. The molecule has 0 heterocycles. The first-order valence-electron chi connectivity index (χ1n) is 8.14. The van der Waals surface area contributed by atoms with Crippen LogP contribution in [-0.2, 0) is 13.8 Å². The lowest BCUT2D eigenvalue weighted by Gasteiger charge is -2.21. The van der Waals surface area contributed by atoms with E-state index in [9.17, 15) is 9.46 Å². The van der Waals surface area contributed by atoms with Crippen molar-refractivity contribution in [2.75, 3.05) is 13.7 Å². The molecule has 1 rings (SSSR count). The lowest BCUT2D eigenvalue weighted by atomic mass is 9.89. The summed E-state index contributed by atoms with van der Waals surface area (Å²) in [5, 5.41) is 8.46. The van der Waals surface area contributed by atoms with E-state index in [4.69, 9.17) is 19.0 Å². The minimum absolute atomic E-state index is 0.0106. The zero-order chi connectivity index (χ0) is 19.0. The van der Waals surface area contributed by atoms with Gasteiger partial charge in [0.2, 0.25) is 0 Å². The molecule has 0 radical (unpaired) electrons. The second kappa shape index (κ2) is 9.62. The summed E-state index contributed by atoms with van der Waals surface area (Å²) >= 11 is 0. The van der Waals surface area contributed by atoms with Gasteiger partial charge in [-0.3, -0.25) is 9.42 Å². The van der Waals surface area contributed by atoms with E-state index < -0.39 is 7.82 Å². The second-order valence-corrected chi connectivity index (χ2v) is 7.50. The van der Waals surface area contributed by atoms with Crippen molar-refractivity contribution < 1.29 is 23.2 Å². The molecule has 7 heteroatoms. The van der Waals surface area contributed by atoms with Gasteiger partial charge in [0, 0.05) is 5.56 Å². The molecule has 1 aromatic rings. The van der Waals surface area contributed by atoms with Crippen LogP contribution in [0.1, 0.15) is 39.7 Å². The van der Waals surface area contributed by atoms with Crippen molar-refractivity contribution in [2.45, 2.75) is 34.1 Å². The van der Waals surface area contributed by atoms with E-state index in [1.807, 2.05) is 12.1 Å². The summed E-state index contributed by atoms with van der Waals surface area (Å²) in [6.45, 7) is 8.22. The van der Waals surface area contributed by atoms with Crippen molar-refractivity contribution in [3.8, 4) is 11.8 Å². The Balaban J connectivity index is 3.13. The number of phosphoric ester groups is 1. The SMILES string of the molecule is COC(=C(C(C)C)C(C)C)c1cccc(OP(=O)(O)OCCC#N)c1. The number of benzene rings is 1. The Hall–Kier alpha value is -1.80. The van der Waals surface area contributed by atoms with Crippen LogP contribution in [0.5, 0.6) is 5.75 Å². The maximum Gasteiger partial charge on any atom is 0.527 e. The number of phosphoric acid groups is 1. The number of nitriles is 1. The van der Waals surface area contributed by atoms with E-state index >= 15 is 0 Å². The predicted molar refractivity (Wildman–Crippen MR) is 96.7 cm³/mol. The van der Waals surface area contributed by atoms with Gasteiger partial charge >= 0.3 is 7.82 Å². The topological polar surface area (TPSA) is 88.8 Å². The number of allylic oxidation sites excluding steroid dienone is 1. The smallest absolute Gasteiger partial charge is 0.496 e. The van der Waals surface area contributed by atoms with Gasteiger partial charge in [0.05, 0.1) is 26.2 Å². The van der Waals surface area contributed by atoms with Gasteiger partial charge in [-0.25, -0.2) is 4.57 Å². The molecule has 0 aliphatic rings. The molecule has 0 amide bonds. The summed E-state index contributed by atoms with van der Waals surface area (Å²) in [5.74, 6) is 1.51. The Labute approximate surface area is 149 Å². The Bertz CT molecular complexity index is 681. The maximum absolute atomic E-state index is 11.9. The Morgan fingerprint density at radius 1 is 1.28 bits per heavy atom. The molecule has 1 atom stereocenters. The van der Waals surface area contributed by atoms with E-state index in [1.165, 1.54) is 0 Å². The van der Waals surface area contributed by atoms with Crippen LogP contribution >= 0.6 is 7.82 Å². The molecule has 0 saturated heterocycles. The highest BCUT2D eigenvalue weighted by Gasteiger charge is 2.23. The third-order valence-electron chi connectivity index (χ3n) is 3.50. The van der Waals surface area contributed by atoms with Crippen LogP contribution in [0.15, 0.2) is 29.8 Å². The summed E-state index contributed by atoms with van der Waals surface area (Å²) in [6.07, 6.45) is 0.0106. The van der Waals surface area contributed by atoms with Crippen molar-refractivity contribution in [1.29, 1.82) is 5.26 Å². The highest BCUT2D eigenvalue weighted by Crippen LogP contribution is 2.44. The fourth-order valence-corrected chi connectivity index (χ4v) is 3.41. The largest absolute Gasteiger partial charge is 0.527 e. The molecule has 1 unspecified atom stereocenters. The van der Waals surface area contributed by atoms with E-state index in [2.05, 4.69) is 27.7 Å². The predicted octanol–water partition coefficient (Wildman–Crippen LogP) is 4.77. The first kappa shape index (κ1) is 21.2. The molecule has 138 valence electrons. The number of rotatable bonds is 9. The molecule has 25 heavy (non-hydrogen) atoms. The van der Waals surface area contributed by atoms with Gasteiger partial charge in [-0.15, -0.1) is 0 Å². The maximum atomic E-state index is 11.9. The highest BCUT2D eigenvalue weighted by atomic mass is 31.2. The summed E-state index contributed by atoms with van der Waals surface area (Å²) < 4.78 is 27.4. The summed E-state index contributed by atoms with van der Waals surface area (Å²) in [6, 6.07) is 8.62. The molecule has 0 bridgehead atoms. The van der Waals surface area contributed by atoms with E-state index in [1.54, 1.807) is 25.3 Å². The number of hydrogen-bond donors (Lipinski definition) is 1. The van der Waals surface area contributed by atoms with Crippen molar-refractivity contribution in [2.24, 2.45) is 11.8 Å². The van der Waals surface area contributed by atoms with Crippen LogP contribution in [0.4, 0.5) is 0 Å². The van der Waals surface area contributed by atoms with Gasteiger partial charge < -0.3 is 9.26 Å². The van der Waals surface area contributed by atoms with Gasteiger partial charge in [-0.2, -0.15) is 5.26 Å². The van der Waals surface area contributed by atoms with Crippen LogP contribution in [0.25, 0.3) is 5.76 Å². The first-order valence-corrected chi connectivity index (χ1v) is 9.63. The number of nitrogens with zero attached hydrogens (tertiary/aromatic N) is 1. The van der Waals surface area contributed by atoms with Gasteiger partial charge in [-0.05, 0) is 29.5 Å². The van der Waals surface area contributed by atoms with Crippen LogP contribution < -0.4 is 4.52 Å². The standard InChI is InChI=1S/C18H26NO5P/c1-13(2)17(14(3)4)18(22-5)15-8-6-9-16(12-15)24-25(20,21)23-11-7-10-19/h6,8-9,12-14H,7,11H2,1-5H3,(H,20,21). The molecule has 6 nitrogen and oxygen atoms in total. The van der Waals surface area contributed by atoms with Crippen molar-refractivity contribution in [3.05, 3.63) is 35.4 Å². The zero-order valence-corrected chi connectivity index (χ0v) is 16.2. The highest BCUT2D eigenvalue weighted by molar-refractivity contribution is 7.47. The zero-order valence-electron chi connectivity index (χ0n) is 15.4. The molecule has 0 aliphatic carbocycles. The third-order valence-corrected chi connectivity index (χ3v) is 4.45. The summed E-state index contributed by atoms with van der Waals surface area (Å²) in [4.78, 5) is 9.73. The molecule has 0 fully saturated rings. The average molecular weight is 367 g/mol. The van der Waals surface area contributed by atoms with E-state index in [0.29, 0.717) is 0 Å². The molecule has 0 aromatic heterocycles. The second-order valence-electron chi connectivity index (χ2n) is 6.13. The van der Waals surface area contributed by atoms with Crippen molar-refractivity contribution >= 4 is 13.6 Å². The van der Waals surface area contributed by atoms with Crippen molar-refractivity contribution in [3.63, 3.8) is 0 Å². The van der Waals surface area contributed by atoms with Crippen LogP contribution in [-0.4, -0.2) is 18.6 Å². The van der Waals surface area contributed by atoms with Gasteiger partial charge in [0.1, 0.15) is 11.5 Å². The van der Waals surface area contributed by atoms with Crippen LogP contribution in [0.3, 0.4) is 0 Å². The molecular weight excluding hydrogens is 341 g/mol. The molecule has 0 saturated carbocycles. The van der Waals surface area contributed by atoms with Gasteiger partial charge in [0.25, 0.3) is 0 Å². The molecular formula is C18H26NO5P. The van der Waals surface area contributed by atoms with Crippen LogP contribution in [0, 0.1) is 23.2 Å². The van der Waals surface area contributed by atoms with E-state index in [-0.39, 0.29) is 30.6 Å². The quantitative estimate of drug-likeness (QED) is 0.384. The molecule has 1 N–H and O–H groups in total. The average Bonchev–Trinajstić information content (AvgIpc) is 2.51. The fourth-order valence-electron chi connectivity index (χ4n) is 2.65. The van der Waals surface area contributed by atoms with Crippen LogP contribution in [0.2, 0.25) is 0 Å². The number of ether oxygens (including phenoxy) is 1. The third kappa shape index (κ3) is 6.55. The Morgan fingerprint density at radius 2 is 1.92 bits per heavy atom. The molecule has 0 aliphatic heterocycles. The first-order chi connectivity index (χ1) is 11.7. The Morgan fingerprint density at radius 3 is 2.44 bits per heavy atom. The molecule has 1 aromatic carbocycles. The fraction of sp³-hybridized carbons (Fsp3) is 0.500.